The highest BCUT2D eigenvalue weighted by atomic mass is 15.5. The normalized spacial score (nSPS) is 18.9. The number of aryl methyl sites for hydroxylation is 2. The van der Waals surface area contributed by atoms with Gasteiger partial charge < -0.3 is 5.73 Å². The van der Waals surface area contributed by atoms with Crippen molar-refractivity contribution in [2.75, 3.05) is 12.1 Å². The molecule has 0 aliphatic heterocycles. The van der Waals surface area contributed by atoms with Gasteiger partial charge >= 0.3 is 0 Å². The Bertz CT molecular complexity index is 1020. The molecule has 30 heavy (non-hydrogen) atoms. The number of aromatic nitrogens is 4. The lowest BCUT2D eigenvalue weighted by molar-refractivity contribution is 0.388. The summed E-state index contributed by atoms with van der Waals surface area (Å²) in [7, 11) is 1.90. The Labute approximate surface area is 177 Å². The zero-order valence-electron chi connectivity index (χ0n) is 17.8. The lowest BCUT2D eigenvalue weighted by atomic mass is 9.84. The average molecular weight is 404 g/mol. The van der Waals surface area contributed by atoms with Crippen LogP contribution in [-0.4, -0.2) is 33.0 Å². The van der Waals surface area contributed by atoms with E-state index >= 15 is 0 Å². The van der Waals surface area contributed by atoms with Crippen molar-refractivity contribution in [3.63, 3.8) is 0 Å². The average Bonchev–Trinajstić information content (AvgIpc) is 2.76. The summed E-state index contributed by atoms with van der Waals surface area (Å²) in [6.45, 7) is 3.97. The third kappa shape index (κ3) is 4.32. The van der Waals surface area contributed by atoms with Gasteiger partial charge in [-0.15, -0.1) is 0 Å². The molecular weight excluding hydrogens is 374 g/mol. The van der Waals surface area contributed by atoms with Crippen molar-refractivity contribution < 1.29 is 0 Å². The van der Waals surface area contributed by atoms with Gasteiger partial charge in [-0.3, -0.25) is 15.0 Å². The van der Waals surface area contributed by atoms with Crippen molar-refractivity contribution in [1.29, 1.82) is 0 Å². The van der Waals surface area contributed by atoms with Crippen LogP contribution in [0.15, 0.2) is 42.9 Å². The molecule has 1 aliphatic carbocycles. The highest BCUT2D eigenvalue weighted by molar-refractivity contribution is 5.68. The van der Waals surface area contributed by atoms with Gasteiger partial charge in [0, 0.05) is 37.1 Å². The fraction of sp³-hybridized carbons (Fsp3) is 0.391. The van der Waals surface area contributed by atoms with E-state index in [-0.39, 0.29) is 6.04 Å². The van der Waals surface area contributed by atoms with E-state index in [4.69, 9.17) is 10.7 Å². The molecule has 3 heterocycles. The molecule has 0 amide bonds. The first-order valence-corrected chi connectivity index (χ1v) is 10.5. The Balaban J connectivity index is 1.69. The summed E-state index contributed by atoms with van der Waals surface area (Å²) in [4.78, 5) is 18.4. The zero-order chi connectivity index (χ0) is 21.1. The quantitative estimate of drug-likeness (QED) is 0.626. The predicted molar refractivity (Wildman–Crippen MR) is 119 cm³/mol. The van der Waals surface area contributed by atoms with Crippen LogP contribution in [0.3, 0.4) is 0 Å². The number of nitrogens with zero attached hydrogens (tertiary/aromatic N) is 5. The molecule has 1 saturated carbocycles. The van der Waals surface area contributed by atoms with Crippen LogP contribution in [-0.2, 0) is 0 Å². The highest BCUT2D eigenvalue weighted by Crippen LogP contribution is 2.33. The van der Waals surface area contributed by atoms with Gasteiger partial charge in [0.25, 0.3) is 0 Å². The van der Waals surface area contributed by atoms with Gasteiger partial charge in [0.05, 0.1) is 23.3 Å². The van der Waals surface area contributed by atoms with E-state index in [1.807, 2.05) is 44.2 Å². The number of hydrazine groups is 1. The first-order valence-electron chi connectivity index (χ1n) is 10.5. The maximum atomic E-state index is 6.21. The second kappa shape index (κ2) is 8.85. The molecule has 0 bridgehead atoms. The Morgan fingerprint density at radius 3 is 2.70 bits per heavy atom. The predicted octanol–water partition coefficient (Wildman–Crippen LogP) is 3.81. The lowest BCUT2D eigenvalue weighted by Crippen LogP contribution is -2.32. The summed E-state index contributed by atoms with van der Waals surface area (Å²) in [5.74, 6) is 1.27. The van der Waals surface area contributed by atoms with Gasteiger partial charge in [-0.05, 0) is 56.9 Å². The molecule has 3 aromatic rings. The summed E-state index contributed by atoms with van der Waals surface area (Å²) in [6.07, 6.45) is 9.77. The van der Waals surface area contributed by atoms with Gasteiger partial charge in [0.2, 0.25) is 0 Å². The molecular formula is C23H29N7. The molecule has 156 valence electrons. The van der Waals surface area contributed by atoms with Gasteiger partial charge in [-0.2, -0.15) is 0 Å². The van der Waals surface area contributed by atoms with Crippen LogP contribution in [0.2, 0.25) is 0 Å². The van der Waals surface area contributed by atoms with Crippen molar-refractivity contribution in [2.45, 2.75) is 51.5 Å². The Hall–Kier alpha value is -2.90. The molecule has 7 nitrogen and oxygen atoms in total. The minimum Gasteiger partial charge on any atom is -0.328 e. The standard InChI is InChI=1S/C23H29N7/c1-15-12-27-20(21-14-26-13-16(2)28-21)11-22(15)30(25-3)23-9-5-8-19(29-23)17-6-4-7-18(24)10-17/h5,8-9,11-14,17-18,25H,4,6-7,10,24H2,1-3H3. The van der Waals surface area contributed by atoms with Crippen molar-refractivity contribution in [3.8, 4) is 11.4 Å². The van der Waals surface area contributed by atoms with E-state index in [9.17, 15) is 0 Å². The van der Waals surface area contributed by atoms with Gasteiger partial charge in [0.1, 0.15) is 11.5 Å². The van der Waals surface area contributed by atoms with E-state index in [0.29, 0.717) is 5.92 Å². The van der Waals surface area contributed by atoms with Crippen LogP contribution in [0.1, 0.15) is 48.6 Å². The van der Waals surface area contributed by atoms with Crippen LogP contribution in [0.5, 0.6) is 0 Å². The smallest absolute Gasteiger partial charge is 0.147 e. The Morgan fingerprint density at radius 1 is 1.07 bits per heavy atom. The number of hydrogen-bond acceptors (Lipinski definition) is 7. The third-order valence-electron chi connectivity index (χ3n) is 5.67. The summed E-state index contributed by atoms with van der Waals surface area (Å²) in [6, 6.07) is 8.52. The Kier molecular flexibility index (Phi) is 6.01. The zero-order valence-corrected chi connectivity index (χ0v) is 17.8. The third-order valence-corrected chi connectivity index (χ3v) is 5.67. The monoisotopic (exact) mass is 403 g/mol. The molecule has 2 unspecified atom stereocenters. The molecule has 3 N–H and O–H groups in total. The van der Waals surface area contributed by atoms with E-state index in [2.05, 4.69) is 32.5 Å². The van der Waals surface area contributed by atoms with Crippen LogP contribution in [0.4, 0.5) is 11.5 Å². The van der Waals surface area contributed by atoms with Crippen LogP contribution in [0.25, 0.3) is 11.4 Å². The number of pyridine rings is 2. The van der Waals surface area contributed by atoms with E-state index < -0.39 is 0 Å². The minimum absolute atomic E-state index is 0.273. The molecule has 3 aromatic heterocycles. The number of rotatable bonds is 5. The van der Waals surface area contributed by atoms with Crippen molar-refractivity contribution in [2.24, 2.45) is 5.73 Å². The van der Waals surface area contributed by atoms with Gasteiger partial charge in [-0.1, -0.05) is 12.5 Å². The van der Waals surface area contributed by atoms with E-state index in [1.54, 1.807) is 12.4 Å². The fourth-order valence-corrected chi connectivity index (χ4v) is 4.13. The maximum absolute atomic E-state index is 6.21. The van der Waals surface area contributed by atoms with Crippen molar-refractivity contribution in [3.05, 3.63) is 59.8 Å². The van der Waals surface area contributed by atoms with Crippen LogP contribution < -0.4 is 16.2 Å². The van der Waals surface area contributed by atoms with Crippen LogP contribution >= 0.6 is 0 Å². The van der Waals surface area contributed by atoms with E-state index in [0.717, 1.165) is 65.5 Å². The summed E-state index contributed by atoms with van der Waals surface area (Å²) >= 11 is 0. The molecule has 0 saturated heterocycles. The van der Waals surface area contributed by atoms with E-state index in [1.165, 1.54) is 0 Å². The SMILES string of the molecule is CNN(c1cccc(C2CCCC(N)C2)n1)c1cc(-c2cncc(C)n2)ncc1C. The number of hydrogen-bond donors (Lipinski definition) is 2. The van der Waals surface area contributed by atoms with Crippen molar-refractivity contribution in [1.82, 2.24) is 25.4 Å². The maximum Gasteiger partial charge on any atom is 0.147 e. The topological polar surface area (TPSA) is 92.8 Å². The molecule has 1 aliphatic rings. The summed E-state index contributed by atoms with van der Waals surface area (Å²) in [5.41, 5.74) is 15.0. The molecule has 0 aromatic carbocycles. The number of anilines is 2. The molecule has 7 heteroatoms. The molecule has 0 spiro atoms. The first-order chi connectivity index (χ1) is 14.5. The fourth-order valence-electron chi connectivity index (χ4n) is 4.13. The number of nitrogens with two attached hydrogens (primary N) is 1. The summed E-state index contributed by atoms with van der Waals surface area (Å²) in [5, 5.41) is 2.00. The molecule has 1 fully saturated rings. The minimum atomic E-state index is 0.273. The highest BCUT2D eigenvalue weighted by Gasteiger charge is 2.23. The van der Waals surface area contributed by atoms with Gasteiger partial charge in [-0.25, -0.2) is 15.4 Å². The molecule has 2 atom stereocenters. The first kappa shape index (κ1) is 20.4. The number of nitrogens with one attached hydrogen (secondary N) is 1. The van der Waals surface area contributed by atoms with Gasteiger partial charge in [0.15, 0.2) is 0 Å². The van der Waals surface area contributed by atoms with Crippen molar-refractivity contribution >= 4 is 11.5 Å². The lowest BCUT2D eigenvalue weighted by Gasteiger charge is -2.28. The molecule has 4 rings (SSSR count). The summed E-state index contributed by atoms with van der Waals surface area (Å²) < 4.78 is 0. The molecule has 0 radical (unpaired) electrons. The largest absolute Gasteiger partial charge is 0.328 e. The Morgan fingerprint density at radius 2 is 1.93 bits per heavy atom. The van der Waals surface area contributed by atoms with Crippen LogP contribution in [0, 0.1) is 13.8 Å². The second-order valence-corrected chi connectivity index (χ2v) is 8.01. The second-order valence-electron chi connectivity index (χ2n) is 8.01.